The summed E-state index contributed by atoms with van der Waals surface area (Å²) in [7, 11) is -4.02. The highest BCUT2D eigenvalue weighted by atomic mass is 32.2. The monoisotopic (exact) mass is 451 g/mol. The zero-order chi connectivity index (χ0) is 23.2. The lowest BCUT2D eigenvalue weighted by molar-refractivity contribution is -0.384. The van der Waals surface area contributed by atoms with Gasteiger partial charge < -0.3 is 15.2 Å². The van der Waals surface area contributed by atoms with E-state index in [2.05, 4.69) is 10.0 Å². The van der Waals surface area contributed by atoms with E-state index in [1.165, 1.54) is 12.1 Å². The SMILES string of the molecule is Cc1ccc(NS(=O)(=O)c2ccc(NC[C@H](O)COCC(C)C)c([N+](=O)[O-])c2)c(C)c1. The summed E-state index contributed by atoms with van der Waals surface area (Å²) in [6.07, 6.45) is -0.868. The number of rotatable bonds is 11. The summed E-state index contributed by atoms with van der Waals surface area (Å²) in [4.78, 5) is 10.6. The molecule has 0 fully saturated rings. The van der Waals surface area contributed by atoms with Gasteiger partial charge in [-0.25, -0.2) is 8.42 Å². The molecule has 2 aromatic rings. The highest BCUT2D eigenvalue weighted by Gasteiger charge is 2.22. The van der Waals surface area contributed by atoms with Crippen LogP contribution in [0, 0.1) is 29.9 Å². The number of nitrogens with zero attached hydrogens (tertiary/aromatic N) is 1. The molecular weight excluding hydrogens is 422 g/mol. The summed E-state index contributed by atoms with van der Waals surface area (Å²) in [5, 5.41) is 24.3. The Labute approximate surface area is 182 Å². The quantitative estimate of drug-likeness (QED) is 0.352. The summed E-state index contributed by atoms with van der Waals surface area (Å²) in [6, 6.07) is 8.85. The third kappa shape index (κ3) is 7.20. The normalized spacial score (nSPS) is 12.6. The van der Waals surface area contributed by atoms with Crippen molar-refractivity contribution in [2.45, 2.75) is 38.7 Å². The number of nitro groups is 1. The molecule has 9 nitrogen and oxygen atoms in total. The zero-order valence-corrected chi connectivity index (χ0v) is 18.9. The van der Waals surface area contributed by atoms with E-state index in [0.29, 0.717) is 18.2 Å². The Hall–Kier alpha value is -2.69. The fourth-order valence-corrected chi connectivity index (χ4v) is 3.99. The molecular formula is C21H29N3O6S. The van der Waals surface area contributed by atoms with Gasteiger partial charge in [0.25, 0.3) is 15.7 Å². The smallest absolute Gasteiger partial charge is 0.293 e. The van der Waals surface area contributed by atoms with Crippen molar-refractivity contribution in [3.63, 3.8) is 0 Å². The van der Waals surface area contributed by atoms with Crippen LogP contribution < -0.4 is 10.0 Å². The van der Waals surface area contributed by atoms with Gasteiger partial charge in [-0.1, -0.05) is 31.5 Å². The van der Waals surface area contributed by atoms with E-state index in [9.17, 15) is 23.6 Å². The van der Waals surface area contributed by atoms with Crippen LogP contribution in [0.25, 0.3) is 0 Å². The number of nitro benzene ring substituents is 1. The van der Waals surface area contributed by atoms with E-state index in [1.807, 2.05) is 26.8 Å². The van der Waals surface area contributed by atoms with Gasteiger partial charge in [0.05, 0.1) is 28.2 Å². The molecule has 0 amide bonds. The van der Waals surface area contributed by atoms with Crippen LogP contribution >= 0.6 is 0 Å². The van der Waals surface area contributed by atoms with Crippen molar-refractivity contribution in [2.75, 3.05) is 29.8 Å². The summed E-state index contributed by atoms with van der Waals surface area (Å²) in [6.45, 7) is 8.25. The first-order valence-corrected chi connectivity index (χ1v) is 11.4. The molecule has 2 rings (SSSR count). The molecule has 0 aliphatic heterocycles. The lowest BCUT2D eigenvalue weighted by Gasteiger charge is -2.15. The van der Waals surface area contributed by atoms with E-state index in [4.69, 9.17) is 4.74 Å². The second kappa shape index (κ2) is 10.6. The van der Waals surface area contributed by atoms with Crippen LogP contribution in [-0.4, -0.2) is 44.3 Å². The van der Waals surface area contributed by atoms with Crippen LogP contribution in [0.4, 0.5) is 17.1 Å². The van der Waals surface area contributed by atoms with Crippen molar-refractivity contribution in [3.05, 3.63) is 57.6 Å². The second-order valence-corrected chi connectivity index (χ2v) is 9.51. The van der Waals surface area contributed by atoms with Gasteiger partial charge in [0.15, 0.2) is 0 Å². The fraction of sp³-hybridized carbons (Fsp3) is 0.429. The number of hydrogen-bond acceptors (Lipinski definition) is 7. The zero-order valence-electron chi connectivity index (χ0n) is 18.1. The molecule has 0 unspecified atom stereocenters. The Morgan fingerprint density at radius 1 is 1.10 bits per heavy atom. The number of anilines is 2. The van der Waals surface area contributed by atoms with Gasteiger partial charge in [0, 0.05) is 19.2 Å². The van der Waals surface area contributed by atoms with Crippen molar-refractivity contribution in [3.8, 4) is 0 Å². The van der Waals surface area contributed by atoms with Gasteiger partial charge in [-0.15, -0.1) is 0 Å². The van der Waals surface area contributed by atoms with E-state index in [0.717, 1.165) is 17.2 Å². The fourth-order valence-electron chi connectivity index (χ4n) is 2.84. The van der Waals surface area contributed by atoms with Gasteiger partial charge in [0.2, 0.25) is 0 Å². The first-order chi connectivity index (χ1) is 14.5. The van der Waals surface area contributed by atoms with Crippen LogP contribution in [-0.2, 0) is 14.8 Å². The average Bonchev–Trinajstić information content (AvgIpc) is 2.68. The molecule has 0 spiro atoms. The van der Waals surface area contributed by atoms with Crippen molar-refractivity contribution >= 4 is 27.1 Å². The highest BCUT2D eigenvalue weighted by molar-refractivity contribution is 7.92. The molecule has 0 saturated carbocycles. The van der Waals surface area contributed by atoms with Gasteiger partial charge in [-0.05, 0) is 43.5 Å². The van der Waals surface area contributed by atoms with Crippen molar-refractivity contribution in [1.82, 2.24) is 0 Å². The Bertz CT molecular complexity index is 1020. The molecule has 31 heavy (non-hydrogen) atoms. The molecule has 170 valence electrons. The van der Waals surface area contributed by atoms with Crippen molar-refractivity contribution in [1.29, 1.82) is 0 Å². The predicted octanol–water partition coefficient (Wildman–Crippen LogP) is 3.46. The largest absolute Gasteiger partial charge is 0.389 e. The lowest BCUT2D eigenvalue weighted by Crippen LogP contribution is -2.26. The number of nitrogens with one attached hydrogen (secondary N) is 2. The number of aliphatic hydroxyl groups excluding tert-OH is 1. The molecule has 0 bridgehead atoms. The molecule has 0 saturated heterocycles. The molecule has 1 atom stereocenters. The Morgan fingerprint density at radius 2 is 1.77 bits per heavy atom. The van der Waals surface area contributed by atoms with E-state index < -0.39 is 26.7 Å². The Kier molecular flexibility index (Phi) is 8.37. The second-order valence-electron chi connectivity index (χ2n) is 7.83. The van der Waals surface area contributed by atoms with Crippen LogP contribution in [0.3, 0.4) is 0 Å². The minimum absolute atomic E-state index is 0.0197. The maximum atomic E-state index is 12.8. The average molecular weight is 452 g/mol. The van der Waals surface area contributed by atoms with Gasteiger partial charge in [0.1, 0.15) is 5.69 Å². The van der Waals surface area contributed by atoms with Crippen LogP contribution in [0.5, 0.6) is 0 Å². The van der Waals surface area contributed by atoms with Crippen LogP contribution in [0.15, 0.2) is 41.3 Å². The topological polar surface area (TPSA) is 131 Å². The molecule has 0 aliphatic rings. The number of hydrogen-bond donors (Lipinski definition) is 3. The van der Waals surface area contributed by atoms with E-state index in [1.54, 1.807) is 19.1 Å². The van der Waals surface area contributed by atoms with Crippen LogP contribution in [0.2, 0.25) is 0 Å². The summed E-state index contributed by atoms with van der Waals surface area (Å²) >= 11 is 0. The summed E-state index contributed by atoms with van der Waals surface area (Å²) < 4.78 is 33.3. The van der Waals surface area contributed by atoms with Gasteiger partial charge in [-0.2, -0.15) is 0 Å². The molecule has 3 N–H and O–H groups in total. The molecule has 10 heteroatoms. The third-order valence-electron chi connectivity index (χ3n) is 4.39. The maximum Gasteiger partial charge on any atom is 0.293 e. The molecule has 0 radical (unpaired) electrons. The highest BCUT2D eigenvalue weighted by Crippen LogP contribution is 2.29. The molecule has 0 heterocycles. The maximum absolute atomic E-state index is 12.8. The van der Waals surface area contributed by atoms with Crippen LogP contribution in [0.1, 0.15) is 25.0 Å². The number of ether oxygens (including phenoxy) is 1. The van der Waals surface area contributed by atoms with Gasteiger partial charge >= 0.3 is 0 Å². The van der Waals surface area contributed by atoms with E-state index >= 15 is 0 Å². The first-order valence-electron chi connectivity index (χ1n) is 9.87. The predicted molar refractivity (Wildman–Crippen MR) is 120 cm³/mol. The Morgan fingerprint density at radius 3 is 2.39 bits per heavy atom. The molecule has 0 aromatic heterocycles. The minimum Gasteiger partial charge on any atom is -0.389 e. The number of benzene rings is 2. The van der Waals surface area contributed by atoms with Crippen molar-refractivity contribution < 1.29 is 23.2 Å². The van der Waals surface area contributed by atoms with E-state index in [-0.39, 0.29) is 23.7 Å². The standard InChI is InChI=1S/C21H29N3O6S/c1-14(2)12-30-13-17(25)11-22-20-8-6-18(10-21(20)24(26)27)31(28,29)23-19-7-5-15(3)9-16(19)4/h5-10,14,17,22-23,25H,11-13H2,1-4H3/t17-/m0/s1. The molecule has 0 aliphatic carbocycles. The van der Waals surface area contributed by atoms with Gasteiger partial charge in [-0.3, -0.25) is 14.8 Å². The third-order valence-corrected chi connectivity index (χ3v) is 5.76. The molecule has 2 aromatic carbocycles. The Balaban J connectivity index is 2.16. The lowest BCUT2D eigenvalue weighted by atomic mass is 10.1. The van der Waals surface area contributed by atoms with Crippen molar-refractivity contribution in [2.24, 2.45) is 5.92 Å². The minimum atomic E-state index is -4.02. The first kappa shape index (κ1) is 24.6. The summed E-state index contributed by atoms with van der Waals surface area (Å²) in [5.74, 6) is 0.327. The number of aryl methyl sites for hydroxylation is 2. The summed E-state index contributed by atoms with van der Waals surface area (Å²) in [5.41, 5.74) is 1.84. The number of sulfonamides is 1. The number of aliphatic hydroxyl groups is 1.